The summed E-state index contributed by atoms with van der Waals surface area (Å²) in [6, 6.07) is 19.1. The van der Waals surface area contributed by atoms with E-state index >= 15 is 0 Å². The van der Waals surface area contributed by atoms with Gasteiger partial charge in [0.15, 0.2) is 0 Å². The van der Waals surface area contributed by atoms with E-state index in [9.17, 15) is 0 Å². The lowest BCUT2D eigenvalue weighted by atomic mass is 10.0. The van der Waals surface area contributed by atoms with Crippen LogP contribution in [0.5, 0.6) is 0 Å². The maximum absolute atomic E-state index is 4.67. The summed E-state index contributed by atoms with van der Waals surface area (Å²) in [4.78, 5) is 16.4. The summed E-state index contributed by atoms with van der Waals surface area (Å²) in [5.41, 5.74) is 6.85. The summed E-state index contributed by atoms with van der Waals surface area (Å²) in [6.07, 6.45) is 6.16. The number of aromatic nitrogens is 4. The zero-order valence-electron chi connectivity index (χ0n) is 21.5. The molecule has 4 aromatic rings. The number of nitrogens with one attached hydrogen (secondary N) is 4. The Kier molecular flexibility index (Phi) is 6.02. The van der Waals surface area contributed by atoms with Crippen LogP contribution < -0.4 is 10.6 Å². The highest BCUT2D eigenvalue weighted by atomic mass is 15.1. The van der Waals surface area contributed by atoms with Crippen molar-refractivity contribution in [1.82, 2.24) is 30.6 Å². The lowest BCUT2D eigenvalue weighted by Crippen LogP contribution is -2.24. The van der Waals surface area contributed by atoms with E-state index in [1.165, 1.54) is 11.1 Å². The molecule has 0 saturated carbocycles. The third-order valence-corrected chi connectivity index (χ3v) is 8.43. The first-order valence-corrected chi connectivity index (χ1v) is 13.3. The standard InChI is InChI=1S/C30H36N6/c1-17-13-25(33-19(17)3)29-31-15-27(35-29)23-9-5-21(6-10-23)22-7-11-24(12-8-22)28-16-32-30(36-28)26-14-18(2)20(4)34-26/h5-12,15-20,25-26,33-34H,13-14H2,1-4H3,(H,31,35)(H,32,36)/t17-,18-,19-,20-,25+,26+/m1/s1. The molecular formula is C30H36N6. The first-order valence-electron chi connectivity index (χ1n) is 13.3. The van der Waals surface area contributed by atoms with Crippen LogP contribution in [-0.2, 0) is 0 Å². The van der Waals surface area contributed by atoms with E-state index in [4.69, 9.17) is 0 Å². The van der Waals surface area contributed by atoms with Gasteiger partial charge in [0.2, 0.25) is 0 Å². The van der Waals surface area contributed by atoms with Gasteiger partial charge in [-0.25, -0.2) is 9.97 Å². The minimum absolute atomic E-state index is 0.314. The molecule has 186 valence electrons. The van der Waals surface area contributed by atoms with E-state index < -0.39 is 0 Å². The Bertz CT molecular complexity index is 1190. The summed E-state index contributed by atoms with van der Waals surface area (Å²) in [6.45, 7) is 9.10. The maximum atomic E-state index is 4.67. The topological polar surface area (TPSA) is 81.4 Å². The van der Waals surface area contributed by atoms with Crippen LogP contribution in [-0.4, -0.2) is 32.0 Å². The Balaban J connectivity index is 1.14. The molecule has 2 aliphatic heterocycles. The summed E-state index contributed by atoms with van der Waals surface area (Å²) >= 11 is 0. The SMILES string of the molecule is C[C@@H]1C[C@@H](c2ncc(-c3ccc(-c4ccc(-c5cnc([C@@H]6C[C@@H](C)[C@@H](C)N6)[nH]5)cc4)cc3)[nH]2)N[C@@H]1C. The normalized spacial score (nSPS) is 28.1. The second-order valence-corrected chi connectivity index (χ2v) is 11.0. The van der Waals surface area contributed by atoms with Gasteiger partial charge in [-0.05, 0) is 60.8 Å². The molecule has 0 unspecified atom stereocenters. The highest BCUT2D eigenvalue weighted by Crippen LogP contribution is 2.33. The fraction of sp³-hybridized carbons (Fsp3) is 0.400. The number of imidazole rings is 2. The molecule has 6 atom stereocenters. The number of H-pyrrole nitrogens is 2. The van der Waals surface area contributed by atoms with Crippen molar-refractivity contribution in [3.8, 4) is 33.6 Å². The number of hydrogen-bond acceptors (Lipinski definition) is 4. The van der Waals surface area contributed by atoms with Gasteiger partial charge in [-0.2, -0.15) is 0 Å². The van der Waals surface area contributed by atoms with E-state index in [2.05, 4.69) is 107 Å². The van der Waals surface area contributed by atoms with Crippen LogP contribution in [0.2, 0.25) is 0 Å². The molecule has 0 radical (unpaired) electrons. The molecule has 2 saturated heterocycles. The Labute approximate surface area is 213 Å². The van der Waals surface area contributed by atoms with Crippen LogP contribution in [0.1, 0.15) is 64.3 Å². The zero-order chi connectivity index (χ0) is 24.8. The van der Waals surface area contributed by atoms with Crippen molar-refractivity contribution < 1.29 is 0 Å². The van der Waals surface area contributed by atoms with E-state index in [-0.39, 0.29) is 0 Å². The van der Waals surface area contributed by atoms with E-state index in [1.54, 1.807) is 0 Å². The van der Waals surface area contributed by atoms with Crippen LogP contribution in [0.4, 0.5) is 0 Å². The van der Waals surface area contributed by atoms with Gasteiger partial charge in [0.05, 0.1) is 35.9 Å². The highest BCUT2D eigenvalue weighted by molar-refractivity contribution is 5.71. The van der Waals surface area contributed by atoms with Gasteiger partial charge in [-0.15, -0.1) is 0 Å². The molecule has 0 spiro atoms. The number of rotatable bonds is 5. The Morgan fingerprint density at radius 2 is 0.917 bits per heavy atom. The van der Waals surface area contributed by atoms with Gasteiger partial charge < -0.3 is 20.6 Å². The van der Waals surface area contributed by atoms with E-state index in [1.807, 2.05) is 12.4 Å². The van der Waals surface area contributed by atoms with Crippen LogP contribution in [0.15, 0.2) is 60.9 Å². The maximum Gasteiger partial charge on any atom is 0.123 e. The molecule has 6 rings (SSSR count). The molecule has 2 aromatic heterocycles. The molecule has 2 fully saturated rings. The molecule has 4 N–H and O–H groups in total. The number of aromatic amines is 2. The van der Waals surface area contributed by atoms with E-state index in [0.717, 1.165) is 47.0 Å². The first-order chi connectivity index (χ1) is 17.4. The van der Waals surface area contributed by atoms with Crippen LogP contribution in [0.3, 0.4) is 0 Å². The smallest absolute Gasteiger partial charge is 0.123 e. The lowest BCUT2D eigenvalue weighted by Gasteiger charge is -2.09. The highest BCUT2D eigenvalue weighted by Gasteiger charge is 2.31. The molecule has 0 bridgehead atoms. The van der Waals surface area contributed by atoms with Crippen LogP contribution in [0.25, 0.3) is 33.6 Å². The van der Waals surface area contributed by atoms with Gasteiger partial charge in [0.25, 0.3) is 0 Å². The summed E-state index contributed by atoms with van der Waals surface area (Å²) in [5.74, 6) is 3.41. The third-order valence-electron chi connectivity index (χ3n) is 8.43. The molecule has 6 nitrogen and oxygen atoms in total. The number of nitrogens with zero attached hydrogens (tertiary/aromatic N) is 2. The fourth-order valence-electron chi connectivity index (χ4n) is 5.64. The van der Waals surface area contributed by atoms with Crippen LogP contribution >= 0.6 is 0 Å². The Morgan fingerprint density at radius 3 is 1.25 bits per heavy atom. The van der Waals surface area contributed by atoms with Gasteiger partial charge in [0, 0.05) is 12.1 Å². The minimum Gasteiger partial charge on any atom is -0.341 e. The lowest BCUT2D eigenvalue weighted by molar-refractivity contribution is 0.516. The second kappa shape index (κ2) is 9.34. The van der Waals surface area contributed by atoms with Crippen molar-refractivity contribution in [1.29, 1.82) is 0 Å². The molecule has 4 heterocycles. The Hall–Kier alpha value is -3.22. The van der Waals surface area contributed by atoms with Crippen molar-refractivity contribution in [2.45, 2.75) is 64.7 Å². The Morgan fingerprint density at radius 1 is 0.556 bits per heavy atom. The molecule has 0 amide bonds. The molecule has 2 aromatic carbocycles. The average molecular weight is 481 g/mol. The fourth-order valence-corrected chi connectivity index (χ4v) is 5.64. The van der Waals surface area contributed by atoms with Crippen molar-refractivity contribution in [3.05, 3.63) is 72.6 Å². The molecule has 6 heteroatoms. The van der Waals surface area contributed by atoms with Crippen molar-refractivity contribution >= 4 is 0 Å². The number of hydrogen-bond donors (Lipinski definition) is 4. The van der Waals surface area contributed by atoms with Crippen molar-refractivity contribution in [2.75, 3.05) is 0 Å². The van der Waals surface area contributed by atoms with Crippen LogP contribution in [0, 0.1) is 11.8 Å². The van der Waals surface area contributed by atoms with Gasteiger partial charge in [-0.1, -0.05) is 62.4 Å². The van der Waals surface area contributed by atoms with Gasteiger partial charge in [-0.3, -0.25) is 0 Å². The van der Waals surface area contributed by atoms with Gasteiger partial charge >= 0.3 is 0 Å². The van der Waals surface area contributed by atoms with Crippen molar-refractivity contribution in [3.63, 3.8) is 0 Å². The largest absolute Gasteiger partial charge is 0.341 e. The summed E-state index contributed by atoms with van der Waals surface area (Å²) in [5, 5.41) is 7.29. The monoisotopic (exact) mass is 480 g/mol. The predicted octanol–water partition coefficient (Wildman–Crippen LogP) is 6.25. The summed E-state index contributed by atoms with van der Waals surface area (Å²) < 4.78 is 0. The molecule has 2 aliphatic rings. The zero-order valence-corrected chi connectivity index (χ0v) is 21.5. The minimum atomic E-state index is 0.314. The number of benzene rings is 2. The second-order valence-electron chi connectivity index (χ2n) is 11.0. The summed E-state index contributed by atoms with van der Waals surface area (Å²) in [7, 11) is 0. The van der Waals surface area contributed by atoms with Gasteiger partial charge in [0.1, 0.15) is 11.6 Å². The first kappa shape index (κ1) is 23.2. The molecular weight excluding hydrogens is 444 g/mol. The average Bonchev–Trinajstić information content (AvgIpc) is 3.68. The molecule has 36 heavy (non-hydrogen) atoms. The van der Waals surface area contributed by atoms with E-state index in [0.29, 0.717) is 36.0 Å². The quantitative estimate of drug-likeness (QED) is 0.272. The predicted molar refractivity (Wildman–Crippen MR) is 145 cm³/mol. The van der Waals surface area contributed by atoms with Crippen molar-refractivity contribution in [2.24, 2.45) is 11.8 Å². The third kappa shape index (κ3) is 4.40. The molecule has 0 aliphatic carbocycles.